The van der Waals surface area contributed by atoms with Crippen LogP contribution in [0.15, 0.2) is 79.0 Å². The van der Waals surface area contributed by atoms with E-state index in [4.69, 9.17) is 0 Å². The molecular weight excluding hydrogens is 431 g/mol. The number of amides is 2. The Morgan fingerprint density at radius 1 is 0.971 bits per heavy atom. The first-order valence-corrected chi connectivity index (χ1v) is 11.5. The van der Waals surface area contributed by atoms with Crippen molar-refractivity contribution in [2.45, 2.75) is 31.3 Å². The van der Waals surface area contributed by atoms with Crippen LogP contribution in [0.1, 0.15) is 30.9 Å². The van der Waals surface area contributed by atoms with Crippen molar-refractivity contribution in [1.29, 1.82) is 0 Å². The van der Waals surface area contributed by atoms with Crippen molar-refractivity contribution in [2.24, 2.45) is 5.92 Å². The number of nitrogens with one attached hydrogen (secondary N) is 1. The fourth-order valence-corrected chi connectivity index (χ4v) is 4.80. The average molecular weight is 455 g/mol. The molecular formula is C27H23FN4O2. The molecule has 7 heteroatoms. The number of hydrogen-bond acceptors (Lipinski definition) is 3. The number of aromatic nitrogens is 2. The van der Waals surface area contributed by atoms with E-state index in [9.17, 15) is 14.0 Å². The van der Waals surface area contributed by atoms with Gasteiger partial charge in [0, 0.05) is 23.4 Å². The van der Waals surface area contributed by atoms with E-state index in [0.29, 0.717) is 0 Å². The zero-order valence-corrected chi connectivity index (χ0v) is 18.4. The van der Waals surface area contributed by atoms with Crippen LogP contribution >= 0.6 is 0 Å². The van der Waals surface area contributed by atoms with Crippen molar-refractivity contribution < 1.29 is 14.0 Å². The number of rotatable bonds is 5. The number of halogens is 1. The van der Waals surface area contributed by atoms with E-state index in [2.05, 4.69) is 10.4 Å². The molecule has 1 N–H and O–H groups in total. The summed E-state index contributed by atoms with van der Waals surface area (Å²) >= 11 is 0. The lowest BCUT2D eigenvalue weighted by Gasteiger charge is -2.29. The van der Waals surface area contributed by atoms with Gasteiger partial charge in [-0.1, -0.05) is 30.3 Å². The highest BCUT2D eigenvalue weighted by molar-refractivity contribution is 6.00. The van der Waals surface area contributed by atoms with E-state index < -0.39 is 0 Å². The van der Waals surface area contributed by atoms with Crippen molar-refractivity contribution in [3.8, 4) is 5.69 Å². The molecule has 170 valence electrons. The van der Waals surface area contributed by atoms with Gasteiger partial charge in [-0.3, -0.25) is 9.59 Å². The maximum Gasteiger partial charge on any atom is 0.229 e. The lowest BCUT2D eigenvalue weighted by Crippen LogP contribution is -2.40. The Bertz CT molecular complexity index is 1380. The lowest BCUT2D eigenvalue weighted by molar-refractivity contribution is -0.123. The van der Waals surface area contributed by atoms with Gasteiger partial charge < -0.3 is 10.2 Å². The molecule has 2 heterocycles. The van der Waals surface area contributed by atoms with Crippen LogP contribution < -0.4 is 10.2 Å². The molecule has 0 bridgehead atoms. The fraction of sp³-hybridized carbons (Fsp3) is 0.222. The molecule has 1 aromatic heterocycles. The number of fused-ring (bicyclic) bond motifs is 1. The second kappa shape index (κ2) is 8.09. The molecule has 2 atom stereocenters. The summed E-state index contributed by atoms with van der Waals surface area (Å²) in [6.45, 7) is 0. The van der Waals surface area contributed by atoms with Crippen LogP contribution in [0.3, 0.4) is 0 Å². The van der Waals surface area contributed by atoms with Crippen molar-refractivity contribution in [1.82, 2.24) is 15.1 Å². The molecule has 0 spiro atoms. The summed E-state index contributed by atoms with van der Waals surface area (Å²) in [4.78, 5) is 27.6. The number of hydrogen-bond donors (Lipinski definition) is 1. The third-order valence-electron chi connectivity index (χ3n) is 6.64. The maximum atomic E-state index is 13.3. The molecule has 34 heavy (non-hydrogen) atoms. The second-order valence-electron chi connectivity index (χ2n) is 8.99. The number of nitrogens with zero attached hydrogens (tertiary/aromatic N) is 3. The molecule has 1 unspecified atom stereocenters. The first-order valence-electron chi connectivity index (χ1n) is 11.5. The minimum atomic E-state index is -0.301. The van der Waals surface area contributed by atoms with Crippen LogP contribution in [0.2, 0.25) is 0 Å². The summed E-state index contributed by atoms with van der Waals surface area (Å²) in [6.07, 6.45) is 3.83. The Balaban J connectivity index is 1.37. The van der Waals surface area contributed by atoms with Gasteiger partial charge in [0.2, 0.25) is 11.8 Å². The first-order chi connectivity index (χ1) is 16.6. The van der Waals surface area contributed by atoms with Gasteiger partial charge >= 0.3 is 0 Å². The predicted molar refractivity (Wildman–Crippen MR) is 127 cm³/mol. The molecule has 3 aromatic carbocycles. The zero-order valence-electron chi connectivity index (χ0n) is 18.4. The molecule has 2 amide bonds. The highest BCUT2D eigenvalue weighted by Crippen LogP contribution is 2.39. The smallest absolute Gasteiger partial charge is 0.229 e. The average Bonchev–Trinajstić information content (AvgIpc) is 3.55. The largest absolute Gasteiger partial charge is 0.350 e. The number of anilines is 1. The van der Waals surface area contributed by atoms with Crippen molar-refractivity contribution in [3.63, 3.8) is 0 Å². The molecule has 1 saturated carbocycles. The first kappa shape index (κ1) is 20.6. The van der Waals surface area contributed by atoms with E-state index in [0.717, 1.165) is 40.7 Å². The molecule has 4 aromatic rings. The molecule has 2 aliphatic rings. The minimum Gasteiger partial charge on any atom is -0.350 e. The molecule has 6 nitrogen and oxygen atoms in total. The standard InChI is InChI=1S/C27H23FN4O2/c28-20-8-10-21(11-9-20)32-24-13-12-22(14-19(24)16-29-32)31-25(33)15-23(30-27(34)18-6-7-18)26(31)17-4-2-1-3-5-17/h1-5,8-14,16,18,23,26H,6-7,15H2,(H,30,34)/t23-,26?/m0/s1. The predicted octanol–water partition coefficient (Wildman–Crippen LogP) is 4.54. The van der Waals surface area contributed by atoms with Gasteiger partial charge in [-0.2, -0.15) is 5.10 Å². The highest BCUT2D eigenvalue weighted by atomic mass is 19.1. The van der Waals surface area contributed by atoms with Gasteiger partial charge in [0.05, 0.1) is 29.5 Å². The van der Waals surface area contributed by atoms with E-state index in [1.165, 1.54) is 12.1 Å². The molecule has 1 aliphatic heterocycles. The van der Waals surface area contributed by atoms with Gasteiger partial charge in [0.15, 0.2) is 0 Å². The Kier molecular flexibility index (Phi) is 4.90. The Morgan fingerprint density at radius 3 is 2.44 bits per heavy atom. The van der Waals surface area contributed by atoms with Gasteiger partial charge in [-0.05, 0) is 60.9 Å². The maximum absolute atomic E-state index is 13.3. The summed E-state index contributed by atoms with van der Waals surface area (Å²) in [5.41, 5.74) is 3.35. The molecule has 2 fully saturated rings. The van der Waals surface area contributed by atoms with Gasteiger partial charge in [0.25, 0.3) is 0 Å². The normalized spacial score (nSPS) is 20.1. The Morgan fingerprint density at radius 2 is 1.71 bits per heavy atom. The summed E-state index contributed by atoms with van der Waals surface area (Å²) in [6, 6.07) is 21.2. The third kappa shape index (κ3) is 3.63. The van der Waals surface area contributed by atoms with Crippen molar-refractivity contribution in [2.75, 3.05) is 4.90 Å². The SMILES string of the molecule is O=C(N[C@H]1CC(=O)N(c2ccc3c(cnn3-c3ccc(F)cc3)c2)C1c1ccccc1)C1CC1. The fourth-order valence-electron chi connectivity index (χ4n) is 4.80. The Labute approximate surface area is 196 Å². The zero-order chi connectivity index (χ0) is 23.2. The summed E-state index contributed by atoms with van der Waals surface area (Å²) in [7, 11) is 0. The van der Waals surface area contributed by atoms with Gasteiger partial charge in [-0.15, -0.1) is 0 Å². The number of carbonyl (C=O) groups excluding carboxylic acids is 2. The van der Waals surface area contributed by atoms with Gasteiger partial charge in [0.1, 0.15) is 5.82 Å². The summed E-state index contributed by atoms with van der Waals surface area (Å²) < 4.78 is 15.1. The van der Waals surface area contributed by atoms with Crippen molar-refractivity contribution in [3.05, 3.63) is 90.4 Å². The molecule has 1 saturated heterocycles. The van der Waals surface area contributed by atoms with Crippen molar-refractivity contribution >= 4 is 28.4 Å². The molecule has 1 aliphatic carbocycles. The number of carbonyl (C=O) groups is 2. The summed E-state index contributed by atoms with van der Waals surface area (Å²) in [5.74, 6) is -0.212. The summed E-state index contributed by atoms with van der Waals surface area (Å²) in [5, 5.41) is 8.48. The van der Waals surface area contributed by atoms with Crippen LogP contribution in [0.4, 0.5) is 10.1 Å². The minimum absolute atomic E-state index is 0.0276. The van der Waals surface area contributed by atoms with Crippen LogP contribution in [-0.2, 0) is 9.59 Å². The molecule has 0 radical (unpaired) electrons. The van der Waals surface area contributed by atoms with E-state index in [1.54, 1.807) is 27.9 Å². The highest BCUT2D eigenvalue weighted by Gasteiger charge is 2.44. The third-order valence-corrected chi connectivity index (χ3v) is 6.64. The monoisotopic (exact) mass is 454 g/mol. The van der Waals surface area contributed by atoms with E-state index >= 15 is 0 Å². The Hall–Kier alpha value is -4.00. The van der Waals surface area contributed by atoms with Crippen LogP contribution in [0, 0.1) is 11.7 Å². The molecule has 6 rings (SSSR count). The van der Waals surface area contributed by atoms with Crippen LogP contribution in [0.25, 0.3) is 16.6 Å². The quantitative estimate of drug-likeness (QED) is 0.482. The lowest BCUT2D eigenvalue weighted by atomic mass is 9.99. The van der Waals surface area contributed by atoms with Crippen LogP contribution in [-0.4, -0.2) is 27.6 Å². The topological polar surface area (TPSA) is 67.2 Å². The van der Waals surface area contributed by atoms with Crippen LogP contribution in [0.5, 0.6) is 0 Å². The van der Waals surface area contributed by atoms with Gasteiger partial charge in [-0.25, -0.2) is 9.07 Å². The van der Waals surface area contributed by atoms with E-state index in [-0.39, 0.29) is 42.1 Å². The van der Waals surface area contributed by atoms with E-state index in [1.807, 2.05) is 48.5 Å². The number of benzene rings is 3. The second-order valence-corrected chi connectivity index (χ2v) is 8.99.